The molecule has 0 radical (unpaired) electrons. The Morgan fingerprint density at radius 3 is 2.55 bits per heavy atom. The number of aromatic carboxylic acids is 1. The van der Waals surface area contributed by atoms with E-state index in [1.165, 1.54) is 11.5 Å². The molecule has 0 fully saturated rings. The number of carboxylic acid groups (broad SMARTS) is 1. The van der Waals surface area contributed by atoms with E-state index in [0.717, 1.165) is 11.3 Å². The second-order valence-electron chi connectivity index (χ2n) is 5.70. The van der Waals surface area contributed by atoms with Crippen LogP contribution in [0, 0.1) is 6.92 Å². The van der Waals surface area contributed by atoms with Crippen molar-refractivity contribution in [3.05, 3.63) is 41.1 Å². The Balaban J connectivity index is 2.44. The summed E-state index contributed by atoms with van der Waals surface area (Å²) >= 11 is 1.18. The molecule has 1 aromatic heterocycles. The molecule has 2 rings (SSSR count). The van der Waals surface area contributed by atoms with Gasteiger partial charge in [-0.2, -0.15) is 4.37 Å². The molecule has 0 amide bonds. The zero-order chi connectivity index (χ0) is 14.9. The maximum atomic E-state index is 11.3. The van der Waals surface area contributed by atoms with E-state index in [1.54, 1.807) is 6.92 Å². The highest BCUT2D eigenvalue weighted by Crippen LogP contribution is 2.34. The number of rotatable bonds is 3. The fraction of sp³-hybridized carbons (Fsp3) is 0.333. The Bertz CT molecular complexity index is 642. The predicted octanol–water partition coefficient (Wildman–Crippen LogP) is 4.19. The summed E-state index contributed by atoms with van der Waals surface area (Å²) in [6.45, 7) is 8.09. The molecule has 106 valence electrons. The van der Waals surface area contributed by atoms with Crippen molar-refractivity contribution in [1.82, 2.24) is 4.37 Å². The second kappa shape index (κ2) is 5.25. The number of benzene rings is 1. The molecule has 0 atom stereocenters. The Hall–Kier alpha value is -1.88. The van der Waals surface area contributed by atoms with E-state index in [-0.39, 0.29) is 11.0 Å². The van der Waals surface area contributed by atoms with Crippen LogP contribution in [-0.4, -0.2) is 15.4 Å². The van der Waals surface area contributed by atoms with Gasteiger partial charge < -0.3 is 10.4 Å². The molecular weight excluding hydrogens is 272 g/mol. The maximum absolute atomic E-state index is 11.3. The van der Waals surface area contributed by atoms with E-state index in [4.69, 9.17) is 0 Å². The normalized spacial score (nSPS) is 11.4. The maximum Gasteiger partial charge on any atom is 0.340 e. The van der Waals surface area contributed by atoms with E-state index in [9.17, 15) is 9.90 Å². The Kier molecular flexibility index (Phi) is 3.81. The van der Waals surface area contributed by atoms with Crippen molar-refractivity contribution in [3.8, 4) is 0 Å². The quantitative estimate of drug-likeness (QED) is 0.889. The topological polar surface area (TPSA) is 62.2 Å². The molecule has 2 aromatic rings. The third-order valence-corrected chi connectivity index (χ3v) is 3.91. The van der Waals surface area contributed by atoms with Crippen molar-refractivity contribution in [2.75, 3.05) is 5.32 Å². The van der Waals surface area contributed by atoms with Crippen LogP contribution in [0.1, 0.15) is 42.4 Å². The van der Waals surface area contributed by atoms with Gasteiger partial charge in [0, 0.05) is 5.69 Å². The molecule has 2 N–H and O–H groups in total. The minimum absolute atomic E-state index is 0.0211. The first-order valence-corrected chi connectivity index (χ1v) is 7.14. The van der Waals surface area contributed by atoms with E-state index in [2.05, 4.69) is 36.5 Å². The van der Waals surface area contributed by atoms with Crippen molar-refractivity contribution in [2.45, 2.75) is 33.1 Å². The number of hydrogen-bond acceptors (Lipinski definition) is 4. The number of hydrogen-bond donors (Lipinski definition) is 2. The number of aromatic nitrogens is 1. The van der Waals surface area contributed by atoms with Gasteiger partial charge in [0.1, 0.15) is 10.6 Å². The van der Waals surface area contributed by atoms with Gasteiger partial charge in [0.25, 0.3) is 0 Å². The van der Waals surface area contributed by atoms with E-state index in [0.29, 0.717) is 10.7 Å². The number of anilines is 2. The SMILES string of the molecule is Cc1nsc(Nc2ccccc2C(C)(C)C)c1C(=O)O. The molecule has 0 unspecified atom stereocenters. The Labute approximate surface area is 122 Å². The summed E-state index contributed by atoms with van der Waals surface area (Å²) in [5.41, 5.74) is 2.83. The van der Waals surface area contributed by atoms with Crippen LogP contribution in [0.4, 0.5) is 10.7 Å². The average Bonchev–Trinajstić information content (AvgIpc) is 2.70. The molecule has 0 aliphatic rings. The van der Waals surface area contributed by atoms with Gasteiger partial charge in [0.2, 0.25) is 0 Å². The van der Waals surface area contributed by atoms with Gasteiger partial charge in [-0.1, -0.05) is 39.0 Å². The van der Waals surface area contributed by atoms with E-state index in [1.807, 2.05) is 18.2 Å². The highest BCUT2D eigenvalue weighted by molar-refractivity contribution is 7.10. The number of para-hydroxylation sites is 1. The summed E-state index contributed by atoms with van der Waals surface area (Å²) < 4.78 is 4.12. The van der Waals surface area contributed by atoms with Crippen molar-refractivity contribution in [1.29, 1.82) is 0 Å². The molecule has 0 aliphatic heterocycles. The molecular formula is C15H18N2O2S. The fourth-order valence-corrected chi connectivity index (χ4v) is 2.88. The molecule has 0 saturated carbocycles. The number of carboxylic acids is 1. The zero-order valence-electron chi connectivity index (χ0n) is 12.0. The number of nitrogens with zero attached hydrogens (tertiary/aromatic N) is 1. The van der Waals surface area contributed by atoms with Crippen LogP contribution in [-0.2, 0) is 5.41 Å². The second-order valence-corrected chi connectivity index (χ2v) is 6.47. The minimum Gasteiger partial charge on any atom is -0.478 e. The molecule has 1 aromatic carbocycles. The average molecular weight is 290 g/mol. The third kappa shape index (κ3) is 2.82. The van der Waals surface area contributed by atoms with Crippen LogP contribution >= 0.6 is 11.5 Å². The smallest absolute Gasteiger partial charge is 0.340 e. The molecule has 0 aliphatic carbocycles. The van der Waals surface area contributed by atoms with Gasteiger partial charge in [0.15, 0.2) is 0 Å². The Morgan fingerprint density at radius 1 is 1.30 bits per heavy atom. The lowest BCUT2D eigenvalue weighted by molar-refractivity contribution is 0.0697. The van der Waals surface area contributed by atoms with Crippen molar-refractivity contribution in [3.63, 3.8) is 0 Å². The minimum atomic E-state index is -0.952. The largest absolute Gasteiger partial charge is 0.478 e. The zero-order valence-corrected chi connectivity index (χ0v) is 12.8. The van der Waals surface area contributed by atoms with Gasteiger partial charge in [-0.15, -0.1) is 0 Å². The summed E-state index contributed by atoms with van der Waals surface area (Å²) in [6, 6.07) is 7.94. The lowest BCUT2D eigenvalue weighted by Gasteiger charge is -2.23. The highest BCUT2D eigenvalue weighted by Gasteiger charge is 2.21. The molecule has 5 heteroatoms. The van der Waals surface area contributed by atoms with Gasteiger partial charge in [-0.05, 0) is 35.5 Å². The number of carbonyl (C=O) groups is 1. The highest BCUT2D eigenvalue weighted by atomic mass is 32.1. The van der Waals surface area contributed by atoms with Gasteiger partial charge in [-0.25, -0.2) is 4.79 Å². The van der Waals surface area contributed by atoms with Crippen LogP contribution < -0.4 is 5.32 Å². The standard InChI is InChI=1S/C15H18N2O2S/c1-9-12(14(18)19)13(20-17-9)16-11-8-6-5-7-10(11)15(2,3)4/h5-8,16H,1-4H3,(H,18,19). The first kappa shape index (κ1) is 14.5. The number of nitrogens with one attached hydrogen (secondary N) is 1. The monoisotopic (exact) mass is 290 g/mol. The molecule has 0 saturated heterocycles. The lowest BCUT2D eigenvalue weighted by Crippen LogP contribution is -2.13. The Morgan fingerprint density at radius 2 is 1.95 bits per heavy atom. The van der Waals surface area contributed by atoms with Crippen molar-refractivity contribution < 1.29 is 9.90 Å². The number of aryl methyl sites for hydroxylation is 1. The van der Waals surface area contributed by atoms with Crippen molar-refractivity contribution in [2.24, 2.45) is 0 Å². The third-order valence-electron chi connectivity index (χ3n) is 3.06. The van der Waals surface area contributed by atoms with Gasteiger partial charge in [-0.3, -0.25) is 0 Å². The van der Waals surface area contributed by atoms with Gasteiger partial charge in [0.05, 0.1) is 5.69 Å². The van der Waals surface area contributed by atoms with Gasteiger partial charge >= 0.3 is 5.97 Å². The molecule has 1 heterocycles. The molecule has 0 bridgehead atoms. The molecule has 0 spiro atoms. The van der Waals surface area contributed by atoms with Crippen molar-refractivity contribution >= 4 is 28.2 Å². The summed E-state index contributed by atoms with van der Waals surface area (Å²) in [6.07, 6.45) is 0. The van der Waals surface area contributed by atoms with E-state index >= 15 is 0 Å². The predicted molar refractivity (Wildman–Crippen MR) is 82.2 cm³/mol. The van der Waals surface area contributed by atoms with Crippen LogP contribution in [0.5, 0.6) is 0 Å². The summed E-state index contributed by atoms with van der Waals surface area (Å²) in [4.78, 5) is 11.3. The van der Waals surface area contributed by atoms with Crippen LogP contribution in [0.3, 0.4) is 0 Å². The lowest BCUT2D eigenvalue weighted by atomic mass is 9.86. The summed E-state index contributed by atoms with van der Waals surface area (Å²) in [5.74, 6) is -0.952. The summed E-state index contributed by atoms with van der Waals surface area (Å²) in [5, 5.41) is 13.1. The first-order valence-electron chi connectivity index (χ1n) is 6.37. The fourth-order valence-electron chi connectivity index (χ4n) is 2.08. The molecule has 4 nitrogen and oxygen atoms in total. The van der Waals surface area contributed by atoms with Crippen LogP contribution in [0.15, 0.2) is 24.3 Å². The van der Waals surface area contributed by atoms with Crippen LogP contribution in [0.25, 0.3) is 0 Å². The first-order chi connectivity index (χ1) is 9.30. The van der Waals surface area contributed by atoms with E-state index < -0.39 is 5.97 Å². The van der Waals surface area contributed by atoms with Crippen LogP contribution in [0.2, 0.25) is 0 Å². The summed E-state index contributed by atoms with van der Waals surface area (Å²) in [7, 11) is 0. The molecule has 20 heavy (non-hydrogen) atoms.